The van der Waals surface area contributed by atoms with Crippen LogP contribution >= 0.6 is 11.8 Å². The number of pyridine rings is 1. The molecule has 2 N–H and O–H groups in total. The van der Waals surface area contributed by atoms with Crippen molar-refractivity contribution in [3.63, 3.8) is 0 Å². The number of anilines is 1. The van der Waals surface area contributed by atoms with E-state index in [4.69, 9.17) is 4.74 Å². The number of nitrogens with one attached hydrogen (secondary N) is 2. The molecular formula is C24H21N3O4S. The van der Waals surface area contributed by atoms with Crippen molar-refractivity contribution in [1.29, 1.82) is 0 Å². The Morgan fingerprint density at radius 3 is 2.56 bits per heavy atom. The van der Waals surface area contributed by atoms with E-state index in [1.54, 1.807) is 18.2 Å². The summed E-state index contributed by atoms with van der Waals surface area (Å²) in [6, 6.07) is 21.9. The van der Waals surface area contributed by atoms with Crippen LogP contribution in [0, 0.1) is 0 Å². The van der Waals surface area contributed by atoms with E-state index in [0.717, 1.165) is 16.1 Å². The molecule has 0 saturated carbocycles. The van der Waals surface area contributed by atoms with Crippen molar-refractivity contribution < 1.29 is 19.1 Å². The average molecular weight is 448 g/mol. The zero-order valence-electron chi connectivity index (χ0n) is 17.1. The summed E-state index contributed by atoms with van der Waals surface area (Å²) >= 11 is 1.30. The second kappa shape index (κ2) is 10.1. The molecule has 0 saturated heterocycles. The van der Waals surface area contributed by atoms with Gasteiger partial charge in [0.2, 0.25) is 12.0 Å². The van der Waals surface area contributed by atoms with Crippen LogP contribution in [0.2, 0.25) is 0 Å². The predicted molar refractivity (Wildman–Crippen MR) is 121 cm³/mol. The molecule has 2 amide bonds. The molecule has 2 unspecified atom stereocenters. The Bertz CT molecular complexity index is 1110. The number of esters is 1. The Morgan fingerprint density at radius 1 is 1.03 bits per heavy atom. The maximum absolute atomic E-state index is 12.9. The van der Waals surface area contributed by atoms with Gasteiger partial charge in [0.1, 0.15) is 0 Å². The number of benzene rings is 2. The van der Waals surface area contributed by atoms with Gasteiger partial charge in [0.15, 0.2) is 0 Å². The molecule has 32 heavy (non-hydrogen) atoms. The van der Waals surface area contributed by atoms with Crippen LogP contribution in [-0.4, -0.2) is 28.0 Å². The lowest BCUT2D eigenvalue weighted by Crippen LogP contribution is -2.35. The molecule has 0 aliphatic carbocycles. The summed E-state index contributed by atoms with van der Waals surface area (Å²) in [7, 11) is 0. The number of hydrogen-bond donors (Lipinski definition) is 2. The van der Waals surface area contributed by atoms with Gasteiger partial charge in [-0.1, -0.05) is 48.5 Å². The average Bonchev–Trinajstić information content (AvgIpc) is 2.82. The summed E-state index contributed by atoms with van der Waals surface area (Å²) in [5.41, 5.74) is 1.96. The van der Waals surface area contributed by atoms with Crippen LogP contribution in [0.1, 0.15) is 23.8 Å². The molecule has 0 fully saturated rings. The Hall–Kier alpha value is -3.65. The molecule has 1 aromatic heterocycles. The Balaban J connectivity index is 1.43. The molecule has 2 atom stereocenters. The first-order valence-electron chi connectivity index (χ1n) is 10.1. The van der Waals surface area contributed by atoms with Crippen LogP contribution in [0.3, 0.4) is 0 Å². The van der Waals surface area contributed by atoms with Crippen molar-refractivity contribution in [1.82, 2.24) is 10.3 Å². The predicted octanol–water partition coefficient (Wildman–Crippen LogP) is 3.49. The third-order valence-corrected chi connectivity index (χ3v) is 6.09. The van der Waals surface area contributed by atoms with Crippen LogP contribution in [0.15, 0.2) is 83.9 Å². The summed E-state index contributed by atoms with van der Waals surface area (Å²) in [5.74, 6) is -1.40. The lowest BCUT2D eigenvalue weighted by atomic mass is 10.2. The second-order valence-corrected chi connectivity index (χ2v) is 8.37. The van der Waals surface area contributed by atoms with Crippen LogP contribution < -0.4 is 10.6 Å². The largest absolute Gasteiger partial charge is 0.446 e. The normalized spacial score (nSPS) is 15.8. The molecule has 2 aromatic carbocycles. The topological polar surface area (TPSA) is 97.4 Å². The quantitative estimate of drug-likeness (QED) is 0.538. The maximum Gasteiger partial charge on any atom is 0.308 e. The van der Waals surface area contributed by atoms with Crippen LogP contribution in [0.4, 0.5) is 5.69 Å². The lowest BCUT2D eigenvalue weighted by Gasteiger charge is -2.24. The first-order valence-corrected chi connectivity index (χ1v) is 11.0. The van der Waals surface area contributed by atoms with Gasteiger partial charge in [-0.3, -0.25) is 19.4 Å². The highest BCUT2D eigenvalue weighted by Gasteiger charge is 2.32. The van der Waals surface area contributed by atoms with Crippen molar-refractivity contribution in [2.24, 2.45) is 0 Å². The van der Waals surface area contributed by atoms with Gasteiger partial charge >= 0.3 is 5.97 Å². The summed E-state index contributed by atoms with van der Waals surface area (Å²) in [4.78, 5) is 43.0. The van der Waals surface area contributed by atoms with E-state index in [0.29, 0.717) is 5.69 Å². The Labute approximate surface area is 189 Å². The smallest absolute Gasteiger partial charge is 0.308 e. The van der Waals surface area contributed by atoms with Crippen molar-refractivity contribution in [2.45, 2.75) is 29.2 Å². The number of rotatable bonds is 7. The maximum atomic E-state index is 12.9. The highest BCUT2D eigenvalue weighted by atomic mass is 32.2. The summed E-state index contributed by atoms with van der Waals surface area (Å²) in [6.07, 6.45) is 0.152. The van der Waals surface area contributed by atoms with Gasteiger partial charge in [-0.15, -0.1) is 11.8 Å². The molecule has 1 aliphatic heterocycles. The third kappa shape index (κ3) is 5.33. The van der Waals surface area contributed by atoms with E-state index in [2.05, 4.69) is 15.6 Å². The highest BCUT2D eigenvalue weighted by molar-refractivity contribution is 8.01. The molecule has 0 radical (unpaired) electrons. The molecule has 3 aromatic rings. The summed E-state index contributed by atoms with van der Waals surface area (Å²) in [5, 5.41) is 4.95. The zero-order chi connectivity index (χ0) is 22.3. The van der Waals surface area contributed by atoms with Crippen molar-refractivity contribution in [2.75, 3.05) is 5.32 Å². The number of nitrogens with zero attached hydrogens (tertiary/aromatic N) is 1. The van der Waals surface area contributed by atoms with Gasteiger partial charge in [-0.05, 0) is 29.8 Å². The number of aromatic nitrogens is 1. The number of para-hydroxylation sites is 1. The SMILES string of the molecule is O=C(CC1Sc2ccccc2NC1=O)OC(C(=O)NCc1ccccc1)c1ccccn1. The molecule has 162 valence electrons. The van der Waals surface area contributed by atoms with Gasteiger partial charge in [-0.2, -0.15) is 0 Å². The van der Waals surface area contributed by atoms with Crippen molar-refractivity contribution in [3.8, 4) is 0 Å². The van der Waals surface area contributed by atoms with E-state index in [1.165, 1.54) is 18.0 Å². The molecule has 4 rings (SSSR count). The van der Waals surface area contributed by atoms with Gasteiger partial charge in [-0.25, -0.2) is 0 Å². The molecule has 7 nitrogen and oxygen atoms in total. The Morgan fingerprint density at radius 2 is 1.78 bits per heavy atom. The zero-order valence-corrected chi connectivity index (χ0v) is 17.9. The van der Waals surface area contributed by atoms with Gasteiger partial charge in [0, 0.05) is 17.6 Å². The summed E-state index contributed by atoms with van der Waals surface area (Å²) in [6.45, 7) is 0.290. The first-order chi connectivity index (χ1) is 15.6. The molecule has 1 aliphatic rings. The standard InChI is InChI=1S/C24H21N3O4S/c28-21(14-20-23(29)27-17-10-4-5-12-19(17)32-20)31-22(18-11-6-7-13-25-18)24(30)26-15-16-8-2-1-3-9-16/h1-13,20,22H,14-15H2,(H,26,30)(H,27,29). The molecule has 8 heteroatoms. The van der Waals surface area contributed by atoms with E-state index in [1.807, 2.05) is 54.6 Å². The van der Waals surface area contributed by atoms with E-state index in [-0.39, 0.29) is 18.9 Å². The van der Waals surface area contributed by atoms with E-state index < -0.39 is 23.2 Å². The van der Waals surface area contributed by atoms with E-state index >= 15 is 0 Å². The number of amides is 2. The van der Waals surface area contributed by atoms with Crippen molar-refractivity contribution in [3.05, 3.63) is 90.3 Å². The summed E-state index contributed by atoms with van der Waals surface area (Å²) < 4.78 is 5.52. The number of ether oxygens (including phenoxy) is 1. The number of hydrogen-bond acceptors (Lipinski definition) is 6. The first kappa shape index (κ1) is 21.6. The number of carbonyl (C=O) groups excluding carboxylic acids is 3. The van der Waals surface area contributed by atoms with Crippen molar-refractivity contribution >= 4 is 35.2 Å². The molecule has 0 spiro atoms. The Kier molecular flexibility index (Phi) is 6.81. The number of thioether (sulfide) groups is 1. The van der Waals surface area contributed by atoms with Gasteiger partial charge in [0.05, 0.1) is 23.1 Å². The monoisotopic (exact) mass is 447 g/mol. The number of fused-ring (bicyclic) bond motifs is 1. The second-order valence-electron chi connectivity index (χ2n) is 7.12. The van der Waals surface area contributed by atoms with Gasteiger partial charge in [0.25, 0.3) is 5.91 Å². The molecule has 0 bridgehead atoms. The third-order valence-electron chi connectivity index (χ3n) is 4.81. The van der Waals surface area contributed by atoms with Crippen LogP contribution in [0.5, 0.6) is 0 Å². The minimum atomic E-state index is -1.21. The number of carbonyl (C=O) groups is 3. The van der Waals surface area contributed by atoms with E-state index in [9.17, 15) is 14.4 Å². The van der Waals surface area contributed by atoms with Crippen LogP contribution in [0.25, 0.3) is 0 Å². The fraction of sp³-hybridized carbons (Fsp3) is 0.167. The molecule has 2 heterocycles. The van der Waals surface area contributed by atoms with Gasteiger partial charge < -0.3 is 15.4 Å². The fourth-order valence-corrected chi connectivity index (χ4v) is 4.31. The minimum absolute atomic E-state index is 0.167. The highest BCUT2D eigenvalue weighted by Crippen LogP contribution is 2.37. The van der Waals surface area contributed by atoms with Crippen LogP contribution in [-0.2, 0) is 25.7 Å². The molecular weight excluding hydrogens is 426 g/mol. The fourth-order valence-electron chi connectivity index (χ4n) is 3.21. The lowest BCUT2D eigenvalue weighted by molar-refractivity contribution is -0.157. The minimum Gasteiger partial charge on any atom is -0.446 e.